The van der Waals surface area contributed by atoms with Crippen LogP contribution in [-0.4, -0.2) is 18.4 Å². The van der Waals surface area contributed by atoms with Gasteiger partial charge in [0, 0.05) is 35.0 Å². The van der Waals surface area contributed by atoms with Crippen molar-refractivity contribution < 1.29 is 14.0 Å². The van der Waals surface area contributed by atoms with E-state index in [0.717, 1.165) is 4.47 Å². The molecule has 0 radical (unpaired) electrons. The van der Waals surface area contributed by atoms with Gasteiger partial charge in [-0.3, -0.25) is 9.59 Å². The van der Waals surface area contributed by atoms with Crippen LogP contribution < -0.4 is 10.6 Å². The van der Waals surface area contributed by atoms with Crippen molar-refractivity contribution in [3.05, 3.63) is 34.1 Å². The maximum atomic E-state index is 13.5. The van der Waals surface area contributed by atoms with E-state index in [-0.39, 0.29) is 37.1 Å². The predicted octanol–water partition coefficient (Wildman–Crippen LogP) is 2.76. The third-order valence-electron chi connectivity index (χ3n) is 2.80. The highest BCUT2D eigenvalue weighted by molar-refractivity contribution is 9.10. The fourth-order valence-corrected chi connectivity index (χ4v) is 1.92. The maximum absolute atomic E-state index is 13.5. The van der Waals surface area contributed by atoms with Gasteiger partial charge in [-0.1, -0.05) is 36.7 Å². The zero-order valence-electron chi connectivity index (χ0n) is 12.4. The van der Waals surface area contributed by atoms with Crippen molar-refractivity contribution in [1.82, 2.24) is 10.6 Å². The van der Waals surface area contributed by atoms with Crippen molar-refractivity contribution in [3.8, 4) is 0 Å². The van der Waals surface area contributed by atoms with Gasteiger partial charge in [-0.05, 0) is 18.2 Å². The number of halogens is 2. The summed E-state index contributed by atoms with van der Waals surface area (Å²) in [6.45, 7) is 5.80. The van der Waals surface area contributed by atoms with Gasteiger partial charge in [0.2, 0.25) is 11.8 Å². The number of hydrogen-bond donors (Lipinski definition) is 2. The zero-order chi connectivity index (χ0) is 16.0. The van der Waals surface area contributed by atoms with Crippen LogP contribution in [-0.2, 0) is 16.1 Å². The molecule has 6 heteroatoms. The smallest absolute Gasteiger partial charge is 0.225 e. The van der Waals surface area contributed by atoms with Crippen LogP contribution >= 0.6 is 15.9 Å². The molecular weight excluding hydrogens is 339 g/mol. The van der Waals surface area contributed by atoms with Gasteiger partial charge in [0.05, 0.1) is 0 Å². The average Bonchev–Trinajstić information content (AvgIpc) is 2.38. The molecule has 1 aromatic rings. The Bertz CT molecular complexity index is 527. The van der Waals surface area contributed by atoms with E-state index in [0.29, 0.717) is 5.56 Å². The highest BCUT2D eigenvalue weighted by Gasteiger charge is 2.20. The second-order valence-electron chi connectivity index (χ2n) is 5.77. The monoisotopic (exact) mass is 358 g/mol. The summed E-state index contributed by atoms with van der Waals surface area (Å²) in [5, 5.41) is 5.32. The normalized spacial score (nSPS) is 11.1. The van der Waals surface area contributed by atoms with E-state index in [4.69, 9.17) is 0 Å². The van der Waals surface area contributed by atoms with Crippen molar-refractivity contribution in [1.29, 1.82) is 0 Å². The van der Waals surface area contributed by atoms with E-state index < -0.39 is 5.41 Å². The first kappa shape index (κ1) is 17.6. The van der Waals surface area contributed by atoms with Crippen molar-refractivity contribution in [3.63, 3.8) is 0 Å². The summed E-state index contributed by atoms with van der Waals surface area (Å²) in [7, 11) is 0. The summed E-state index contributed by atoms with van der Waals surface area (Å²) in [4.78, 5) is 23.3. The fraction of sp³-hybridized carbons (Fsp3) is 0.467. The SMILES string of the molecule is CC(C)(C)C(=O)NCCC(=O)NCc1cc(Br)ccc1F. The molecule has 0 unspecified atom stereocenters. The second-order valence-corrected chi connectivity index (χ2v) is 6.68. The van der Waals surface area contributed by atoms with E-state index >= 15 is 0 Å². The Hall–Kier alpha value is -1.43. The minimum absolute atomic E-state index is 0.103. The average molecular weight is 359 g/mol. The van der Waals surface area contributed by atoms with Gasteiger partial charge < -0.3 is 10.6 Å². The van der Waals surface area contributed by atoms with Crippen molar-refractivity contribution in [2.24, 2.45) is 5.41 Å². The Labute approximate surface area is 132 Å². The van der Waals surface area contributed by atoms with Crippen LogP contribution in [0.1, 0.15) is 32.8 Å². The van der Waals surface area contributed by atoms with Crippen LogP contribution in [0.15, 0.2) is 22.7 Å². The summed E-state index contributed by atoms with van der Waals surface area (Å²) < 4.78 is 14.2. The molecule has 0 spiro atoms. The molecule has 1 aromatic carbocycles. The van der Waals surface area contributed by atoms with E-state index in [2.05, 4.69) is 26.6 Å². The maximum Gasteiger partial charge on any atom is 0.225 e. The minimum Gasteiger partial charge on any atom is -0.355 e. The van der Waals surface area contributed by atoms with E-state index in [1.165, 1.54) is 6.07 Å². The van der Waals surface area contributed by atoms with Gasteiger partial charge in [-0.25, -0.2) is 4.39 Å². The lowest BCUT2D eigenvalue weighted by atomic mass is 9.96. The van der Waals surface area contributed by atoms with Gasteiger partial charge in [-0.2, -0.15) is 0 Å². The largest absolute Gasteiger partial charge is 0.355 e. The number of carbonyl (C=O) groups excluding carboxylic acids is 2. The number of nitrogens with one attached hydrogen (secondary N) is 2. The molecule has 4 nitrogen and oxygen atoms in total. The Morgan fingerprint density at radius 2 is 1.90 bits per heavy atom. The first-order valence-corrected chi connectivity index (χ1v) is 7.48. The van der Waals surface area contributed by atoms with Crippen LogP contribution in [0.25, 0.3) is 0 Å². The van der Waals surface area contributed by atoms with Crippen molar-refractivity contribution in [2.75, 3.05) is 6.54 Å². The van der Waals surface area contributed by atoms with Crippen molar-refractivity contribution in [2.45, 2.75) is 33.7 Å². The molecule has 0 aromatic heterocycles. The minimum atomic E-state index is -0.476. The van der Waals surface area contributed by atoms with Gasteiger partial charge >= 0.3 is 0 Å². The molecule has 0 saturated heterocycles. The van der Waals surface area contributed by atoms with Gasteiger partial charge in [0.1, 0.15) is 5.82 Å². The lowest BCUT2D eigenvalue weighted by Crippen LogP contribution is -2.37. The molecule has 0 aliphatic rings. The Morgan fingerprint density at radius 1 is 1.24 bits per heavy atom. The molecule has 0 heterocycles. The number of carbonyl (C=O) groups is 2. The van der Waals surface area contributed by atoms with E-state index in [1.807, 2.05) is 0 Å². The number of hydrogen-bond acceptors (Lipinski definition) is 2. The van der Waals surface area contributed by atoms with Gasteiger partial charge in [0.25, 0.3) is 0 Å². The molecule has 0 fully saturated rings. The van der Waals surface area contributed by atoms with Gasteiger partial charge in [0.15, 0.2) is 0 Å². The number of benzene rings is 1. The van der Waals surface area contributed by atoms with Crippen LogP contribution in [0.4, 0.5) is 4.39 Å². The zero-order valence-corrected chi connectivity index (χ0v) is 14.0. The van der Waals surface area contributed by atoms with Gasteiger partial charge in [-0.15, -0.1) is 0 Å². The molecule has 116 valence electrons. The molecule has 0 aliphatic carbocycles. The standard InChI is InChI=1S/C15H20BrFN2O2/c1-15(2,3)14(21)18-7-6-13(20)19-9-10-8-11(16)4-5-12(10)17/h4-5,8H,6-7,9H2,1-3H3,(H,18,21)(H,19,20). The highest BCUT2D eigenvalue weighted by atomic mass is 79.9. The van der Waals surface area contributed by atoms with Crippen LogP contribution in [0.3, 0.4) is 0 Å². The summed E-state index contributed by atoms with van der Waals surface area (Å²) in [5.41, 5.74) is -0.0629. The lowest BCUT2D eigenvalue weighted by Gasteiger charge is -2.17. The Kier molecular flexibility index (Phi) is 6.33. The summed E-state index contributed by atoms with van der Waals surface area (Å²) in [6.07, 6.45) is 0.164. The Balaban J connectivity index is 2.35. The van der Waals surface area contributed by atoms with E-state index in [1.54, 1.807) is 32.9 Å². The van der Waals surface area contributed by atoms with Crippen LogP contribution in [0, 0.1) is 11.2 Å². The highest BCUT2D eigenvalue weighted by Crippen LogP contribution is 2.15. The van der Waals surface area contributed by atoms with Crippen LogP contribution in [0.5, 0.6) is 0 Å². The number of amides is 2. The molecule has 0 atom stereocenters. The summed E-state index contributed by atoms with van der Waals surface area (Å²) >= 11 is 3.25. The first-order valence-electron chi connectivity index (χ1n) is 6.69. The predicted molar refractivity (Wildman–Crippen MR) is 83.0 cm³/mol. The molecule has 0 bridgehead atoms. The van der Waals surface area contributed by atoms with Crippen LogP contribution in [0.2, 0.25) is 0 Å². The topological polar surface area (TPSA) is 58.2 Å². The quantitative estimate of drug-likeness (QED) is 0.850. The summed E-state index contributed by atoms with van der Waals surface area (Å²) in [5.74, 6) is -0.698. The molecular formula is C15H20BrFN2O2. The lowest BCUT2D eigenvalue weighted by molar-refractivity contribution is -0.128. The molecule has 1 rings (SSSR count). The molecule has 2 N–H and O–H groups in total. The third-order valence-corrected chi connectivity index (χ3v) is 3.30. The molecule has 21 heavy (non-hydrogen) atoms. The third kappa shape index (κ3) is 6.25. The second kappa shape index (κ2) is 7.54. The fourth-order valence-electron chi connectivity index (χ4n) is 1.52. The van der Waals surface area contributed by atoms with Crippen molar-refractivity contribution >= 4 is 27.7 Å². The first-order chi connectivity index (χ1) is 9.70. The molecule has 0 saturated carbocycles. The number of rotatable bonds is 5. The summed E-state index contributed by atoms with van der Waals surface area (Å²) in [6, 6.07) is 4.56. The molecule has 0 aliphatic heterocycles. The molecule has 2 amide bonds. The Morgan fingerprint density at radius 3 is 2.52 bits per heavy atom. The van der Waals surface area contributed by atoms with E-state index in [9.17, 15) is 14.0 Å².